The highest BCUT2D eigenvalue weighted by atomic mass is 16.3. The molecule has 0 unspecified atom stereocenters. The van der Waals surface area contributed by atoms with Crippen molar-refractivity contribution in [3.63, 3.8) is 0 Å². The van der Waals surface area contributed by atoms with Crippen LogP contribution in [0.15, 0.2) is 186 Å². The van der Waals surface area contributed by atoms with Crippen molar-refractivity contribution >= 4 is 87.1 Å². The first-order chi connectivity index (χ1) is 26.3. The lowest BCUT2D eigenvalue weighted by Crippen LogP contribution is -1.94. The third-order valence-corrected chi connectivity index (χ3v) is 11.3. The molecular weight excluding hydrogens is 645 g/mol. The van der Waals surface area contributed by atoms with Crippen molar-refractivity contribution in [3.8, 4) is 22.5 Å². The van der Waals surface area contributed by atoms with E-state index in [4.69, 9.17) is 4.42 Å². The molecule has 0 saturated heterocycles. The van der Waals surface area contributed by atoms with E-state index in [9.17, 15) is 0 Å². The summed E-state index contributed by atoms with van der Waals surface area (Å²) in [4.78, 5) is 0. The van der Waals surface area contributed by atoms with E-state index in [2.05, 4.69) is 179 Å². The van der Waals surface area contributed by atoms with Crippen molar-refractivity contribution in [2.45, 2.75) is 0 Å². The molecule has 0 bridgehead atoms. The molecule has 0 fully saturated rings. The highest BCUT2D eigenvalue weighted by Crippen LogP contribution is 2.44. The Kier molecular flexibility index (Phi) is 5.77. The summed E-state index contributed by atoms with van der Waals surface area (Å²) < 4.78 is 11.2. The molecule has 0 spiro atoms. The number of hydrogen-bond donors (Lipinski definition) is 0. The topological polar surface area (TPSA) is 23.0 Å². The first-order valence-corrected chi connectivity index (χ1v) is 18.2. The molecule has 0 amide bonds. The largest absolute Gasteiger partial charge is 0.455 e. The van der Waals surface area contributed by atoms with E-state index in [1.165, 1.54) is 70.8 Å². The second-order valence-corrected chi connectivity index (χ2v) is 14.0. The van der Waals surface area contributed by atoms with Gasteiger partial charge in [0.25, 0.3) is 0 Å². The van der Waals surface area contributed by atoms with Gasteiger partial charge >= 0.3 is 0 Å². The van der Waals surface area contributed by atoms with E-state index in [1.54, 1.807) is 0 Å². The van der Waals surface area contributed by atoms with Gasteiger partial charge in [-0.05, 0) is 81.7 Å². The van der Waals surface area contributed by atoms with E-state index >= 15 is 0 Å². The number of furan rings is 1. The average Bonchev–Trinajstić information content (AvgIpc) is 3.89. The summed E-state index contributed by atoms with van der Waals surface area (Å²) in [6.45, 7) is 0. The number of benzene rings is 9. The highest BCUT2D eigenvalue weighted by Gasteiger charge is 2.20. The van der Waals surface area contributed by atoms with Gasteiger partial charge in [-0.3, -0.25) is 0 Å². The average molecular weight is 675 g/mol. The molecule has 0 N–H and O–H groups in total. The number of fused-ring (bicyclic) bond motifs is 14. The Labute approximate surface area is 304 Å². The first kappa shape index (κ1) is 28.6. The van der Waals surface area contributed by atoms with Gasteiger partial charge in [0.15, 0.2) is 0 Å². The smallest absolute Gasteiger partial charge is 0.143 e. The van der Waals surface area contributed by atoms with Crippen LogP contribution < -0.4 is 0 Å². The molecule has 0 saturated carbocycles. The third-order valence-electron chi connectivity index (χ3n) is 11.3. The minimum atomic E-state index is 0.916. The fraction of sp³-hybridized carbons (Fsp3) is 0. The summed E-state index contributed by atoms with van der Waals surface area (Å²) in [5, 5.41) is 12.5. The van der Waals surface area contributed by atoms with Crippen LogP contribution in [0.25, 0.3) is 110 Å². The van der Waals surface area contributed by atoms with Gasteiger partial charge in [0.2, 0.25) is 0 Å². The molecule has 0 radical (unpaired) electrons. The van der Waals surface area contributed by atoms with Gasteiger partial charge < -0.3 is 13.6 Å². The number of aromatic nitrogens is 2. The van der Waals surface area contributed by atoms with Gasteiger partial charge in [0.1, 0.15) is 11.2 Å². The third kappa shape index (κ3) is 3.94. The van der Waals surface area contributed by atoms with Crippen molar-refractivity contribution < 1.29 is 4.42 Å². The van der Waals surface area contributed by atoms with Crippen molar-refractivity contribution in [2.75, 3.05) is 0 Å². The quantitative estimate of drug-likeness (QED) is 0.171. The van der Waals surface area contributed by atoms with Crippen molar-refractivity contribution in [1.29, 1.82) is 0 Å². The minimum absolute atomic E-state index is 0.916. The van der Waals surface area contributed by atoms with Gasteiger partial charge in [0.05, 0.1) is 22.1 Å². The van der Waals surface area contributed by atoms with Crippen LogP contribution in [0.2, 0.25) is 0 Å². The van der Waals surface area contributed by atoms with E-state index in [0.29, 0.717) is 0 Å². The van der Waals surface area contributed by atoms with Crippen LogP contribution in [0.1, 0.15) is 0 Å². The van der Waals surface area contributed by atoms with Crippen LogP contribution in [0.5, 0.6) is 0 Å². The summed E-state index contributed by atoms with van der Waals surface area (Å²) in [6, 6.07) is 65.9. The molecule has 3 heterocycles. The molecule has 0 atom stereocenters. The lowest BCUT2D eigenvalue weighted by Gasteiger charge is -2.11. The number of nitrogens with zero attached hydrogens (tertiary/aromatic N) is 2. The zero-order chi connectivity index (χ0) is 34.6. The molecule has 12 aromatic rings. The summed E-state index contributed by atoms with van der Waals surface area (Å²) >= 11 is 0. The molecule has 3 aromatic heterocycles. The van der Waals surface area contributed by atoms with Crippen LogP contribution >= 0.6 is 0 Å². The molecule has 12 rings (SSSR count). The van der Waals surface area contributed by atoms with Gasteiger partial charge in [-0.2, -0.15) is 0 Å². The van der Waals surface area contributed by atoms with Crippen LogP contribution in [0.4, 0.5) is 0 Å². The molecule has 0 aliphatic heterocycles. The lowest BCUT2D eigenvalue weighted by atomic mass is 9.95. The van der Waals surface area contributed by atoms with Gasteiger partial charge in [-0.15, -0.1) is 0 Å². The molecule has 246 valence electrons. The fourth-order valence-electron chi connectivity index (χ4n) is 9.06. The molecule has 3 nitrogen and oxygen atoms in total. The molecule has 9 aromatic carbocycles. The Bertz CT molecular complexity index is 3430. The molecular formula is C50H30N2O. The Balaban J connectivity index is 1.10. The standard InChI is InChI=1S/C50H30N2O/c1-2-11-33(12-3-1)51-43-19-8-5-15-41(43)49-45(51)29-24-32-23-27-38-37(47(32)49)28-30-44-48(38)40-14-4-7-18-42(40)52(44)34-25-21-31(22-26-34)35-16-10-17-39-36-13-6-9-20-46(36)53-50(35)39/h1-30H. The zero-order valence-corrected chi connectivity index (χ0v) is 28.6. The van der Waals surface area contributed by atoms with E-state index in [0.717, 1.165) is 38.8 Å². The predicted molar refractivity (Wildman–Crippen MR) is 223 cm³/mol. The number of hydrogen-bond acceptors (Lipinski definition) is 1. The Morgan fingerprint density at radius 1 is 0.321 bits per heavy atom. The summed E-state index contributed by atoms with van der Waals surface area (Å²) in [6.07, 6.45) is 0. The maximum absolute atomic E-state index is 6.39. The normalized spacial score (nSPS) is 12.2. The van der Waals surface area contributed by atoms with E-state index < -0.39 is 0 Å². The van der Waals surface area contributed by atoms with Gasteiger partial charge in [-0.25, -0.2) is 0 Å². The maximum Gasteiger partial charge on any atom is 0.143 e. The summed E-state index contributed by atoms with van der Waals surface area (Å²) in [5.41, 5.74) is 11.2. The van der Waals surface area contributed by atoms with Crippen molar-refractivity contribution in [1.82, 2.24) is 9.13 Å². The van der Waals surface area contributed by atoms with Crippen LogP contribution in [-0.4, -0.2) is 9.13 Å². The van der Waals surface area contributed by atoms with Crippen LogP contribution in [0.3, 0.4) is 0 Å². The minimum Gasteiger partial charge on any atom is -0.455 e. The lowest BCUT2D eigenvalue weighted by molar-refractivity contribution is 0.670. The molecule has 53 heavy (non-hydrogen) atoms. The van der Waals surface area contributed by atoms with E-state index in [1.807, 2.05) is 12.1 Å². The number of rotatable bonds is 3. The van der Waals surface area contributed by atoms with Crippen molar-refractivity contribution in [3.05, 3.63) is 182 Å². The van der Waals surface area contributed by atoms with Gasteiger partial charge in [0, 0.05) is 49.3 Å². The summed E-state index contributed by atoms with van der Waals surface area (Å²) in [5.74, 6) is 0. The van der Waals surface area contributed by atoms with Crippen molar-refractivity contribution in [2.24, 2.45) is 0 Å². The van der Waals surface area contributed by atoms with Gasteiger partial charge in [-0.1, -0.05) is 127 Å². The summed E-state index contributed by atoms with van der Waals surface area (Å²) in [7, 11) is 0. The fourth-order valence-corrected chi connectivity index (χ4v) is 9.06. The van der Waals surface area contributed by atoms with Crippen LogP contribution in [0, 0.1) is 0 Å². The highest BCUT2D eigenvalue weighted by molar-refractivity contribution is 6.32. The molecule has 0 aliphatic carbocycles. The second-order valence-electron chi connectivity index (χ2n) is 14.0. The monoisotopic (exact) mass is 674 g/mol. The Morgan fingerprint density at radius 2 is 0.887 bits per heavy atom. The Hall–Kier alpha value is -7.10. The van der Waals surface area contributed by atoms with E-state index in [-0.39, 0.29) is 0 Å². The van der Waals surface area contributed by atoms with Crippen LogP contribution in [-0.2, 0) is 0 Å². The molecule has 0 aliphatic rings. The first-order valence-electron chi connectivity index (χ1n) is 18.2. The SMILES string of the molecule is c1ccc(-n2c3ccccc3c3c4c(ccc5c4ccc4c5c5ccccc5n4-c4ccc(-c5cccc6c5oc5ccccc56)cc4)ccc32)cc1. The predicted octanol–water partition coefficient (Wildman–Crippen LogP) is 13.8. The number of para-hydroxylation sites is 5. The maximum atomic E-state index is 6.39. The molecule has 3 heteroatoms. The second kappa shape index (κ2) is 10.7. The Morgan fingerprint density at radius 3 is 1.68 bits per heavy atom. The zero-order valence-electron chi connectivity index (χ0n) is 28.6.